The summed E-state index contributed by atoms with van der Waals surface area (Å²) in [5.41, 5.74) is -0.103. The average Bonchev–Trinajstić information content (AvgIpc) is 2.68. The van der Waals surface area contributed by atoms with Gasteiger partial charge < -0.3 is 0 Å². The van der Waals surface area contributed by atoms with Crippen molar-refractivity contribution in [3.8, 4) is 0 Å². The van der Waals surface area contributed by atoms with Crippen LogP contribution in [0.3, 0.4) is 0 Å². The fraction of sp³-hybridized carbons (Fsp3) is 0.562. The number of hydrogen-bond donors (Lipinski definition) is 0. The van der Waals surface area contributed by atoms with Gasteiger partial charge in [-0.05, 0) is 28.5 Å². The smallest absolute Gasteiger partial charge is 0.299 e. The number of rotatable bonds is 3. The van der Waals surface area contributed by atoms with Crippen molar-refractivity contribution in [1.82, 2.24) is 0 Å². The van der Waals surface area contributed by atoms with Crippen molar-refractivity contribution in [3.05, 3.63) is 35.4 Å². The van der Waals surface area contributed by atoms with Crippen LogP contribution in [0, 0.1) is 16.7 Å². The second-order valence-electron chi connectivity index (χ2n) is 6.71. The predicted molar refractivity (Wildman–Crippen MR) is 71.2 cm³/mol. The van der Waals surface area contributed by atoms with Gasteiger partial charge in [-0.3, -0.25) is 4.79 Å². The summed E-state index contributed by atoms with van der Waals surface area (Å²) in [6, 6.07) is 4.85. The van der Waals surface area contributed by atoms with Crippen LogP contribution >= 0.6 is 0 Å². The third-order valence-electron chi connectivity index (χ3n) is 5.00. The summed E-state index contributed by atoms with van der Waals surface area (Å²) >= 11 is 0. The largest absolute Gasteiger partial charge is 0.416 e. The fourth-order valence-corrected chi connectivity index (χ4v) is 3.12. The monoisotopic (exact) mass is 284 g/mol. The first-order valence-corrected chi connectivity index (χ1v) is 6.67. The third kappa shape index (κ3) is 2.36. The normalized spacial score (nSPS) is 20.8. The fourth-order valence-electron chi connectivity index (χ4n) is 3.12. The maximum absolute atomic E-state index is 12.5. The predicted octanol–water partition coefficient (Wildman–Crippen LogP) is 4.50. The third-order valence-corrected chi connectivity index (χ3v) is 5.00. The molecule has 1 saturated carbocycles. The molecule has 4 heteroatoms. The summed E-state index contributed by atoms with van der Waals surface area (Å²) in [6.07, 6.45) is -4.13. The molecular weight excluding hydrogens is 265 g/mol. The Hall–Kier alpha value is -1.32. The Morgan fingerprint density at radius 2 is 1.50 bits per heavy atom. The van der Waals surface area contributed by atoms with E-state index in [1.165, 1.54) is 12.1 Å². The van der Waals surface area contributed by atoms with E-state index in [1.54, 1.807) is 0 Å². The van der Waals surface area contributed by atoms with Crippen molar-refractivity contribution in [2.24, 2.45) is 16.7 Å². The van der Waals surface area contributed by atoms with Gasteiger partial charge in [0.05, 0.1) is 5.56 Å². The molecule has 0 heterocycles. The molecule has 1 fully saturated rings. The van der Waals surface area contributed by atoms with Gasteiger partial charge in [0.15, 0.2) is 0 Å². The van der Waals surface area contributed by atoms with Crippen LogP contribution < -0.4 is 0 Å². The van der Waals surface area contributed by atoms with Gasteiger partial charge in [-0.25, -0.2) is 0 Å². The summed E-state index contributed by atoms with van der Waals surface area (Å²) < 4.78 is 37.4. The zero-order valence-electron chi connectivity index (χ0n) is 12.1. The van der Waals surface area contributed by atoms with Crippen LogP contribution in [-0.2, 0) is 17.4 Å². The number of halogens is 3. The van der Waals surface area contributed by atoms with E-state index in [1.807, 2.05) is 0 Å². The zero-order valence-corrected chi connectivity index (χ0v) is 12.1. The summed E-state index contributed by atoms with van der Waals surface area (Å²) in [5, 5.41) is 0. The molecule has 0 unspecified atom stereocenters. The summed E-state index contributed by atoms with van der Waals surface area (Å²) in [4.78, 5) is 12.3. The lowest BCUT2D eigenvalue weighted by atomic mass is 10.0. The molecule has 1 aromatic rings. The van der Waals surface area contributed by atoms with Crippen LogP contribution in [0.15, 0.2) is 24.3 Å². The van der Waals surface area contributed by atoms with E-state index >= 15 is 0 Å². The molecule has 0 amide bonds. The molecule has 1 aliphatic rings. The lowest BCUT2D eigenvalue weighted by Gasteiger charge is -2.07. The van der Waals surface area contributed by atoms with Crippen LogP contribution in [0.1, 0.15) is 38.8 Å². The van der Waals surface area contributed by atoms with Crippen LogP contribution in [-0.4, -0.2) is 5.78 Å². The van der Waals surface area contributed by atoms with Gasteiger partial charge >= 0.3 is 6.18 Å². The molecular formula is C16H19F3O. The van der Waals surface area contributed by atoms with Gasteiger partial charge in [0.25, 0.3) is 0 Å². The highest BCUT2D eigenvalue weighted by atomic mass is 19.4. The van der Waals surface area contributed by atoms with E-state index in [2.05, 4.69) is 27.7 Å². The molecule has 1 aliphatic carbocycles. The zero-order chi connectivity index (χ0) is 15.3. The average molecular weight is 284 g/mol. The van der Waals surface area contributed by atoms with Crippen LogP contribution in [0.25, 0.3) is 0 Å². The number of ketones is 1. The van der Waals surface area contributed by atoms with Crippen molar-refractivity contribution in [2.75, 3.05) is 0 Å². The number of Topliss-reactive ketones (excluding diaryl/α,β-unsaturated/α-hetero) is 1. The second-order valence-corrected chi connectivity index (χ2v) is 6.71. The van der Waals surface area contributed by atoms with Gasteiger partial charge in [0.2, 0.25) is 0 Å². The van der Waals surface area contributed by atoms with Crippen molar-refractivity contribution in [3.63, 3.8) is 0 Å². The first kappa shape index (κ1) is 15.1. The van der Waals surface area contributed by atoms with Gasteiger partial charge in [0.1, 0.15) is 5.78 Å². The minimum absolute atomic E-state index is 0.0164. The first-order chi connectivity index (χ1) is 8.98. The second kappa shape index (κ2) is 4.34. The maximum Gasteiger partial charge on any atom is 0.416 e. The molecule has 0 radical (unpaired) electrons. The van der Waals surface area contributed by atoms with Crippen molar-refractivity contribution in [2.45, 2.75) is 40.3 Å². The molecule has 0 atom stereocenters. The molecule has 0 aromatic heterocycles. The van der Waals surface area contributed by atoms with E-state index in [0.29, 0.717) is 5.56 Å². The lowest BCUT2D eigenvalue weighted by Crippen LogP contribution is -2.11. The number of alkyl halides is 3. The van der Waals surface area contributed by atoms with Gasteiger partial charge in [-0.15, -0.1) is 0 Å². The SMILES string of the molecule is CC1(C)C(C(=O)Cc2ccc(C(F)(F)F)cc2)C1(C)C. The van der Waals surface area contributed by atoms with Crippen LogP contribution in [0.2, 0.25) is 0 Å². The topological polar surface area (TPSA) is 17.1 Å². The Labute approximate surface area is 117 Å². The van der Waals surface area contributed by atoms with Gasteiger partial charge in [0, 0.05) is 12.3 Å². The van der Waals surface area contributed by atoms with Crippen molar-refractivity contribution < 1.29 is 18.0 Å². The van der Waals surface area contributed by atoms with Gasteiger partial charge in [-0.1, -0.05) is 39.8 Å². The molecule has 0 N–H and O–H groups in total. The van der Waals surface area contributed by atoms with Crippen LogP contribution in [0.4, 0.5) is 13.2 Å². The molecule has 110 valence electrons. The highest BCUT2D eigenvalue weighted by Gasteiger charge is 2.67. The number of hydrogen-bond acceptors (Lipinski definition) is 1. The Kier molecular flexibility index (Phi) is 3.27. The Morgan fingerprint density at radius 1 is 1.05 bits per heavy atom. The van der Waals surface area contributed by atoms with E-state index < -0.39 is 11.7 Å². The maximum atomic E-state index is 12.5. The number of benzene rings is 1. The van der Waals surface area contributed by atoms with E-state index in [4.69, 9.17) is 0 Å². The van der Waals surface area contributed by atoms with E-state index in [-0.39, 0.29) is 29.0 Å². The highest BCUT2D eigenvalue weighted by molar-refractivity contribution is 5.88. The minimum Gasteiger partial charge on any atom is -0.299 e. The Morgan fingerprint density at radius 3 is 1.85 bits per heavy atom. The first-order valence-electron chi connectivity index (χ1n) is 6.67. The minimum atomic E-state index is -4.33. The molecule has 2 rings (SSSR count). The Balaban J connectivity index is 2.07. The molecule has 0 bridgehead atoms. The molecule has 0 spiro atoms. The van der Waals surface area contributed by atoms with E-state index in [9.17, 15) is 18.0 Å². The van der Waals surface area contributed by atoms with Crippen molar-refractivity contribution >= 4 is 5.78 Å². The molecule has 0 saturated heterocycles. The summed E-state index contributed by atoms with van der Waals surface area (Å²) in [6.45, 7) is 8.23. The van der Waals surface area contributed by atoms with Crippen molar-refractivity contribution in [1.29, 1.82) is 0 Å². The molecule has 0 aliphatic heterocycles. The van der Waals surface area contributed by atoms with Gasteiger partial charge in [-0.2, -0.15) is 13.2 Å². The molecule has 1 nitrogen and oxygen atoms in total. The highest BCUT2D eigenvalue weighted by Crippen LogP contribution is 2.68. The molecule has 20 heavy (non-hydrogen) atoms. The summed E-state index contributed by atoms with van der Waals surface area (Å²) in [5.74, 6) is 0.0945. The molecule has 1 aromatic carbocycles. The van der Waals surface area contributed by atoms with Crippen LogP contribution in [0.5, 0.6) is 0 Å². The standard InChI is InChI=1S/C16H19F3O/c1-14(2)13(15(14,3)4)12(20)9-10-5-7-11(8-6-10)16(17,18)19/h5-8,13H,9H2,1-4H3. The van der Waals surface area contributed by atoms with E-state index in [0.717, 1.165) is 12.1 Å². The number of carbonyl (C=O) groups is 1. The Bertz CT molecular complexity index is 510. The summed E-state index contributed by atoms with van der Waals surface area (Å²) in [7, 11) is 0. The lowest BCUT2D eigenvalue weighted by molar-refractivity contribution is -0.137. The number of carbonyl (C=O) groups excluding carboxylic acids is 1. The quantitative estimate of drug-likeness (QED) is 0.798.